The number of nitrogens with zero attached hydrogens (tertiary/aromatic N) is 1. The molecule has 2 aromatic rings. The molecule has 0 saturated heterocycles. The molecule has 0 aliphatic carbocycles. The van der Waals surface area contributed by atoms with Crippen LogP contribution in [-0.4, -0.2) is 42.7 Å². The predicted molar refractivity (Wildman–Crippen MR) is 120 cm³/mol. The van der Waals surface area contributed by atoms with Crippen LogP contribution in [0.25, 0.3) is 0 Å². The Kier molecular flexibility index (Phi) is 7.36. The van der Waals surface area contributed by atoms with Gasteiger partial charge in [-0.1, -0.05) is 13.3 Å². The van der Waals surface area contributed by atoms with Crippen molar-refractivity contribution in [3.05, 3.63) is 59.4 Å². The van der Waals surface area contributed by atoms with E-state index in [9.17, 15) is 23.9 Å². The van der Waals surface area contributed by atoms with Crippen LogP contribution in [0.15, 0.2) is 42.5 Å². The van der Waals surface area contributed by atoms with Crippen molar-refractivity contribution in [2.24, 2.45) is 0 Å². The normalized spacial score (nSPS) is 19.2. The van der Waals surface area contributed by atoms with Crippen LogP contribution >= 0.6 is 0 Å². The van der Waals surface area contributed by atoms with E-state index in [-0.39, 0.29) is 25.0 Å². The summed E-state index contributed by atoms with van der Waals surface area (Å²) in [5.41, 5.74) is 0.0378. The number of carbonyl (C=O) groups is 3. The molecule has 176 valence electrons. The number of methoxy groups -OCH3 is 1. The van der Waals surface area contributed by atoms with Crippen molar-refractivity contribution in [2.75, 3.05) is 18.6 Å². The van der Waals surface area contributed by atoms with Gasteiger partial charge in [0.25, 0.3) is 5.91 Å². The van der Waals surface area contributed by atoms with Crippen LogP contribution in [0.1, 0.15) is 55.5 Å². The second kappa shape index (κ2) is 10.0. The van der Waals surface area contributed by atoms with Gasteiger partial charge in [0.05, 0.1) is 26.6 Å². The Morgan fingerprint density at radius 3 is 2.42 bits per heavy atom. The van der Waals surface area contributed by atoms with Gasteiger partial charge in [-0.2, -0.15) is 0 Å². The smallest absolute Gasteiger partial charge is 0.306 e. The van der Waals surface area contributed by atoms with Gasteiger partial charge in [0.1, 0.15) is 11.6 Å². The molecule has 0 saturated carbocycles. The summed E-state index contributed by atoms with van der Waals surface area (Å²) in [7, 11) is 1.49. The second-order valence-electron chi connectivity index (χ2n) is 8.22. The molecular formula is C25H28FNO6. The summed E-state index contributed by atoms with van der Waals surface area (Å²) >= 11 is 0. The maximum Gasteiger partial charge on any atom is 0.306 e. The van der Waals surface area contributed by atoms with E-state index in [1.165, 1.54) is 36.3 Å². The number of carboxylic acid groups (broad SMARTS) is 1. The fraction of sp³-hybridized carbons (Fsp3) is 0.400. The number of carboxylic acids is 1. The summed E-state index contributed by atoms with van der Waals surface area (Å²) in [6.45, 7) is 3.94. The summed E-state index contributed by atoms with van der Waals surface area (Å²) in [5, 5.41) is 9.78. The highest BCUT2D eigenvalue weighted by molar-refractivity contribution is 6.08. The number of fused-ring (bicyclic) bond motifs is 1. The molecule has 1 heterocycles. The fourth-order valence-electron chi connectivity index (χ4n) is 4.41. The van der Waals surface area contributed by atoms with Gasteiger partial charge in [0.15, 0.2) is 0 Å². The van der Waals surface area contributed by atoms with Crippen molar-refractivity contribution in [3.8, 4) is 5.75 Å². The summed E-state index contributed by atoms with van der Waals surface area (Å²) in [4.78, 5) is 39.7. The van der Waals surface area contributed by atoms with E-state index in [1.54, 1.807) is 25.1 Å². The van der Waals surface area contributed by atoms with E-state index in [0.29, 0.717) is 23.4 Å². The van der Waals surface area contributed by atoms with Crippen LogP contribution in [0.2, 0.25) is 0 Å². The number of hydrogen-bond acceptors (Lipinski definition) is 5. The average molecular weight is 457 g/mol. The van der Waals surface area contributed by atoms with Crippen molar-refractivity contribution in [3.63, 3.8) is 0 Å². The standard InChI is InChI=1S/C25H28FNO6/c1-4-5-12-33-23(30)15-25(14-22(28)29)16(2)27(21-11-10-19(32-3)13-20(21)25)24(31)17-6-8-18(26)9-7-17/h6-11,13,16H,4-5,12,14-15H2,1-3H3,(H,28,29). The highest BCUT2D eigenvalue weighted by atomic mass is 19.1. The molecule has 2 unspecified atom stereocenters. The van der Waals surface area contributed by atoms with E-state index >= 15 is 0 Å². The molecule has 33 heavy (non-hydrogen) atoms. The summed E-state index contributed by atoms with van der Waals surface area (Å²) < 4.78 is 24.1. The van der Waals surface area contributed by atoms with E-state index in [4.69, 9.17) is 9.47 Å². The number of amides is 1. The van der Waals surface area contributed by atoms with Gasteiger partial charge in [0.2, 0.25) is 0 Å². The largest absolute Gasteiger partial charge is 0.497 e. The minimum atomic E-state index is -1.23. The third-order valence-corrected chi connectivity index (χ3v) is 6.18. The van der Waals surface area contributed by atoms with Crippen molar-refractivity contribution in [1.29, 1.82) is 0 Å². The fourth-order valence-corrected chi connectivity index (χ4v) is 4.41. The monoisotopic (exact) mass is 457 g/mol. The molecule has 2 aromatic carbocycles. The van der Waals surface area contributed by atoms with E-state index in [1.807, 2.05) is 6.92 Å². The molecule has 1 aliphatic rings. The lowest BCUT2D eigenvalue weighted by atomic mass is 9.71. The van der Waals surface area contributed by atoms with Crippen LogP contribution in [-0.2, 0) is 19.7 Å². The molecule has 3 rings (SSSR count). The Morgan fingerprint density at radius 1 is 1.12 bits per heavy atom. The molecule has 0 fully saturated rings. The van der Waals surface area contributed by atoms with E-state index in [2.05, 4.69) is 0 Å². The number of unbranched alkanes of at least 4 members (excludes halogenated alkanes) is 1. The zero-order chi connectivity index (χ0) is 24.2. The van der Waals surface area contributed by atoms with Crippen molar-refractivity contribution in [1.82, 2.24) is 0 Å². The van der Waals surface area contributed by atoms with Crippen LogP contribution in [0.5, 0.6) is 5.75 Å². The Morgan fingerprint density at radius 2 is 1.82 bits per heavy atom. The summed E-state index contributed by atoms with van der Waals surface area (Å²) in [6.07, 6.45) is 0.957. The molecule has 1 N–H and O–H groups in total. The van der Waals surface area contributed by atoms with Gasteiger partial charge < -0.3 is 19.5 Å². The number of hydrogen-bond donors (Lipinski definition) is 1. The first-order valence-corrected chi connectivity index (χ1v) is 10.9. The summed E-state index contributed by atoms with van der Waals surface area (Å²) in [6, 6.07) is 9.48. The molecule has 0 radical (unpaired) electrons. The number of ether oxygens (including phenoxy) is 2. The number of carbonyl (C=O) groups excluding carboxylic acids is 2. The zero-order valence-electron chi connectivity index (χ0n) is 19.0. The van der Waals surface area contributed by atoms with Gasteiger partial charge in [0, 0.05) is 22.7 Å². The van der Waals surface area contributed by atoms with Crippen LogP contribution in [0.4, 0.5) is 10.1 Å². The lowest BCUT2D eigenvalue weighted by Gasteiger charge is -2.35. The molecule has 7 nitrogen and oxygen atoms in total. The van der Waals surface area contributed by atoms with E-state index < -0.39 is 35.1 Å². The third kappa shape index (κ3) is 4.84. The number of esters is 1. The van der Waals surface area contributed by atoms with Crippen molar-refractivity contribution < 1.29 is 33.4 Å². The minimum absolute atomic E-state index is 0.211. The molecule has 2 atom stereocenters. The number of anilines is 1. The van der Waals surface area contributed by atoms with Crippen molar-refractivity contribution >= 4 is 23.5 Å². The number of benzene rings is 2. The first kappa shape index (κ1) is 24.2. The Labute approximate surface area is 192 Å². The Hall–Kier alpha value is -3.42. The maximum absolute atomic E-state index is 13.5. The van der Waals surface area contributed by atoms with Gasteiger partial charge >= 0.3 is 11.9 Å². The van der Waals surface area contributed by atoms with E-state index in [0.717, 1.165) is 6.42 Å². The molecule has 0 bridgehead atoms. The first-order valence-electron chi connectivity index (χ1n) is 10.9. The molecule has 8 heteroatoms. The minimum Gasteiger partial charge on any atom is -0.497 e. The highest BCUT2D eigenvalue weighted by Crippen LogP contribution is 2.51. The van der Waals surface area contributed by atoms with Crippen LogP contribution in [0, 0.1) is 5.82 Å². The van der Waals surface area contributed by atoms with Crippen molar-refractivity contribution in [2.45, 2.75) is 51.0 Å². The lowest BCUT2D eigenvalue weighted by Crippen LogP contribution is -2.48. The molecular weight excluding hydrogens is 429 g/mol. The Balaban J connectivity index is 2.10. The average Bonchev–Trinajstić information content (AvgIpc) is 3.00. The maximum atomic E-state index is 13.5. The Bertz CT molecular complexity index is 1040. The van der Waals surface area contributed by atoms with Gasteiger partial charge in [-0.25, -0.2) is 4.39 Å². The number of aliphatic carboxylic acids is 1. The van der Waals surface area contributed by atoms with Gasteiger partial charge in [-0.3, -0.25) is 14.4 Å². The van der Waals surface area contributed by atoms with Crippen LogP contribution < -0.4 is 9.64 Å². The van der Waals surface area contributed by atoms with Crippen LogP contribution in [0.3, 0.4) is 0 Å². The van der Waals surface area contributed by atoms with Gasteiger partial charge in [-0.15, -0.1) is 0 Å². The second-order valence-corrected chi connectivity index (χ2v) is 8.22. The quantitative estimate of drug-likeness (QED) is 0.445. The molecule has 0 aromatic heterocycles. The third-order valence-electron chi connectivity index (χ3n) is 6.18. The number of rotatable bonds is 9. The summed E-state index contributed by atoms with van der Waals surface area (Å²) in [5.74, 6) is -2.04. The van der Waals surface area contributed by atoms with Gasteiger partial charge in [-0.05, 0) is 61.4 Å². The topological polar surface area (TPSA) is 93.1 Å². The first-order chi connectivity index (χ1) is 15.7. The SMILES string of the molecule is CCCCOC(=O)CC1(CC(=O)O)c2cc(OC)ccc2N(C(=O)c2ccc(F)cc2)C1C. The molecule has 1 amide bonds. The highest BCUT2D eigenvalue weighted by Gasteiger charge is 2.53. The molecule has 1 aliphatic heterocycles. The zero-order valence-corrected chi connectivity index (χ0v) is 19.0. The number of halogens is 1. The molecule has 0 spiro atoms. The predicted octanol–water partition coefficient (Wildman–Crippen LogP) is 4.33. The lowest BCUT2D eigenvalue weighted by molar-refractivity contribution is -0.146.